The number of ether oxygens (including phenoxy) is 1. The zero-order valence-corrected chi connectivity index (χ0v) is 74.2. The summed E-state index contributed by atoms with van der Waals surface area (Å²) >= 11 is 0. The maximum Gasteiger partial charge on any atom is 0.311 e. The van der Waals surface area contributed by atoms with Crippen LogP contribution in [0.2, 0.25) is 45.3 Å². The Morgan fingerprint density at radius 1 is 0.381 bits per heavy atom. The molecule has 3 aromatic rings. The molecule has 3 rings (SSSR count). The molecule has 0 N–H and O–H groups in total. The molecule has 0 saturated heterocycles. The summed E-state index contributed by atoms with van der Waals surface area (Å²) < 4.78 is 9.32. The molecule has 0 atom stereocenters. The average Bonchev–Trinajstić information content (AvgIpc) is 0.807. The van der Waals surface area contributed by atoms with E-state index >= 15 is 0 Å². The fourth-order valence-corrected chi connectivity index (χ4v) is 12.1. The summed E-state index contributed by atoms with van der Waals surface area (Å²) in [6.45, 7) is 63.2. The summed E-state index contributed by atoms with van der Waals surface area (Å²) in [4.78, 5) is 103. The van der Waals surface area contributed by atoms with Crippen molar-refractivity contribution in [3.05, 3.63) is 89.0 Å². The Morgan fingerprint density at radius 2 is 0.743 bits per heavy atom. The Balaban J connectivity index is -0.000000573. The van der Waals surface area contributed by atoms with Gasteiger partial charge in [-0.1, -0.05) is 170 Å². The normalized spacial score (nSPS) is 12.3. The van der Waals surface area contributed by atoms with Crippen molar-refractivity contribution in [1.82, 2.24) is 0 Å². The highest BCUT2D eigenvalue weighted by Crippen LogP contribution is 2.33. The first-order valence-electron chi connectivity index (χ1n) is 38.7. The van der Waals surface area contributed by atoms with E-state index in [0.717, 1.165) is 89.5 Å². The van der Waals surface area contributed by atoms with Crippen LogP contribution >= 0.6 is 0 Å². The van der Waals surface area contributed by atoms with Crippen LogP contribution in [0.5, 0.6) is 0 Å². The number of hydrogen-bond donors (Lipinski definition) is 0. The molecule has 592 valence electrons. The van der Waals surface area contributed by atoms with Crippen molar-refractivity contribution < 1.29 is 38.3 Å². The smallest absolute Gasteiger partial charge is 0.311 e. The van der Waals surface area contributed by atoms with Gasteiger partial charge in [0.2, 0.25) is 0 Å². The molecule has 3 aromatic carbocycles. The number of rotatable bonds is 36. The quantitative estimate of drug-likeness (QED) is 0.0236. The van der Waals surface area contributed by atoms with E-state index in [1.807, 2.05) is 112 Å². The van der Waals surface area contributed by atoms with Crippen LogP contribution in [0.15, 0.2) is 101 Å². The van der Waals surface area contributed by atoms with Crippen molar-refractivity contribution in [1.29, 1.82) is 0 Å². The third kappa shape index (κ3) is 71.3. The second-order valence-electron chi connectivity index (χ2n) is 32.3. The van der Waals surface area contributed by atoms with Gasteiger partial charge >= 0.3 is 5.97 Å². The van der Waals surface area contributed by atoms with Gasteiger partial charge in [0.1, 0.15) is 34.7 Å². The number of nitrogens with zero attached hydrogens (tertiary/aromatic N) is 7. The van der Waals surface area contributed by atoms with Gasteiger partial charge in [-0.05, 0) is 218 Å². The molecule has 0 unspecified atom stereocenters. The lowest BCUT2D eigenvalue weighted by Gasteiger charge is -2.25. The van der Waals surface area contributed by atoms with Gasteiger partial charge < -0.3 is 9.39 Å². The summed E-state index contributed by atoms with van der Waals surface area (Å²) in [7, 11) is -2.31. The van der Waals surface area contributed by atoms with E-state index in [1.54, 1.807) is 41.5 Å². The lowest BCUT2D eigenvalue weighted by molar-refractivity contribution is -0.141. The van der Waals surface area contributed by atoms with Crippen molar-refractivity contribution >= 4 is 114 Å². The lowest BCUT2D eigenvalue weighted by atomic mass is 9.80. The summed E-state index contributed by atoms with van der Waals surface area (Å²) in [5.74, 6) is 0.902. The van der Waals surface area contributed by atoms with E-state index in [4.69, 9.17) is 4.74 Å². The van der Waals surface area contributed by atoms with Gasteiger partial charge in [0.25, 0.3) is 0 Å². The Labute approximate surface area is 642 Å². The molecule has 0 aliphatic carbocycles. The molecule has 0 saturated carbocycles. The molecule has 0 aliphatic rings. The minimum absolute atomic E-state index is 0.0833. The maximum absolute atomic E-state index is 11.2. The van der Waals surface area contributed by atoms with Crippen molar-refractivity contribution in [3.63, 3.8) is 0 Å². The number of esters is 1. The molecule has 0 aliphatic heterocycles. The van der Waals surface area contributed by atoms with E-state index in [1.165, 1.54) is 92.5 Å². The number of ketones is 6. The predicted molar refractivity (Wildman–Crippen MR) is 463 cm³/mol. The van der Waals surface area contributed by atoms with Crippen molar-refractivity contribution in [2.75, 3.05) is 26.2 Å². The second-order valence-corrected chi connectivity index (χ2v) is 42.5. The maximum atomic E-state index is 11.2. The fraction of sp³-hybridized carbons (Fsp3) is 0.636. The van der Waals surface area contributed by atoms with Crippen LogP contribution < -0.4 is 0 Å². The third-order valence-corrected chi connectivity index (χ3v) is 17.7. The van der Waals surface area contributed by atoms with Gasteiger partial charge in [-0.15, -0.1) is 0 Å². The molecular formula is C88H149N7O8Si2. The van der Waals surface area contributed by atoms with E-state index in [2.05, 4.69) is 154 Å². The van der Waals surface area contributed by atoms with Gasteiger partial charge in [0.15, 0.2) is 8.24 Å². The van der Waals surface area contributed by atoms with Crippen LogP contribution in [0.25, 0.3) is 0 Å². The number of Topliss-reactive ketones (excluding diaryl/α,β-unsaturated/α-hetero) is 6. The Morgan fingerprint density at radius 3 is 1.10 bits per heavy atom. The molecule has 17 heteroatoms. The highest BCUT2D eigenvalue weighted by molar-refractivity contribution is 6.76. The number of hydrogen-bond acceptors (Lipinski definition) is 15. The van der Waals surface area contributed by atoms with Crippen LogP contribution in [0.3, 0.4) is 0 Å². The third-order valence-electron chi connectivity index (χ3n) is 14.9. The first kappa shape index (κ1) is 105. The summed E-state index contributed by atoms with van der Waals surface area (Å²) in [5, 5.41) is 0. The van der Waals surface area contributed by atoms with Crippen LogP contribution in [0, 0.1) is 13.8 Å². The minimum atomic E-state index is -1.35. The predicted octanol–water partition coefficient (Wildman–Crippen LogP) is 24.1. The topological polar surface area (TPSA) is 215 Å². The van der Waals surface area contributed by atoms with Gasteiger partial charge in [-0.3, -0.25) is 63.5 Å². The number of unbranched alkanes of at least 4 members (excludes halogenated alkanes) is 9. The summed E-state index contributed by atoms with van der Waals surface area (Å²) in [5.41, 5.74) is 14.4. The largest absolute Gasteiger partial charge is 0.466 e. The van der Waals surface area contributed by atoms with Crippen molar-refractivity contribution in [3.8, 4) is 0 Å². The minimum Gasteiger partial charge on any atom is -0.466 e. The van der Waals surface area contributed by atoms with Gasteiger partial charge in [-0.25, -0.2) is 0 Å². The standard InChI is InChI=1S/C19H29NO.C17H33NO.C13H17NO.C11H13NO.C10H19NO2.C10H21NOSi.C8H17NOSi/c1-13(9-14(2)21)20-17-11-15(18(3,4)5)10-16(12-17)19(6,7)8;1-4-5-6-7-8-9-10-11-12-13-14-18-16(2)15-17(3)19;1-9-5-10(2)7-13(6-9)14-11(3)8-12(4)15;1-9(8-10(2)13)12-11-6-4-3-5-7-11;1-4-7-11-9(5-2)8-10(12)13-6-3;1-9(8-10(2)12)11-6-7-13(3,4)5;1-7(6-8(2)10)9-11(3,4)5/h10-12H,9H2,1-8H3;4-15H2,1-3H3;5-7H,8H2,1-4H3;3-7H,8H2,1-2H3;4-8H2,1-3H3;6-8H2,1-5H3;6H2,1-5H3. The molecule has 15 nitrogen and oxygen atoms in total. The molecular weight excluding hydrogens is 1340 g/mol. The van der Waals surface area contributed by atoms with Gasteiger partial charge in [0, 0.05) is 106 Å². The van der Waals surface area contributed by atoms with E-state index in [-0.39, 0.29) is 51.5 Å². The van der Waals surface area contributed by atoms with Crippen LogP contribution in [-0.2, 0) is 49.1 Å². The van der Waals surface area contributed by atoms with E-state index in [0.29, 0.717) is 51.6 Å². The van der Waals surface area contributed by atoms with Crippen LogP contribution in [0.4, 0.5) is 17.1 Å². The molecule has 0 aromatic heterocycles. The molecule has 0 amide bonds. The molecule has 0 spiro atoms. The van der Waals surface area contributed by atoms with E-state index in [9.17, 15) is 33.6 Å². The molecule has 0 radical (unpaired) electrons. The fourth-order valence-electron chi connectivity index (χ4n) is 10.1. The Hall–Kier alpha value is -6.73. The molecule has 0 heterocycles. The lowest BCUT2D eigenvalue weighted by Crippen LogP contribution is -2.20. The molecule has 105 heavy (non-hydrogen) atoms. The summed E-state index contributed by atoms with van der Waals surface area (Å²) in [6, 6.07) is 23.6. The zero-order valence-electron chi connectivity index (χ0n) is 72.2. The monoisotopic (exact) mass is 1490 g/mol. The number of aryl methyl sites for hydroxylation is 2. The number of para-hydroxylation sites is 1. The van der Waals surface area contributed by atoms with Gasteiger partial charge in [-0.2, -0.15) is 0 Å². The van der Waals surface area contributed by atoms with Crippen molar-refractivity contribution in [2.45, 2.75) is 344 Å². The highest BCUT2D eigenvalue weighted by atomic mass is 28.3. The summed E-state index contributed by atoms with van der Waals surface area (Å²) in [6.07, 6.45) is 18.6. The highest BCUT2D eigenvalue weighted by Gasteiger charge is 2.21. The Kier molecular flexibility index (Phi) is 59.1. The number of aliphatic imine (C=N–C) groups is 6. The first-order chi connectivity index (χ1) is 48.6. The zero-order chi connectivity index (χ0) is 81.5. The molecule has 0 bridgehead atoms. The second kappa shape index (κ2) is 59.3. The number of carbonyl (C=O) groups is 7. The van der Waals surface area contributed by atoms with E-state index < -0.39 is 16.3 Å². The molecule has 0 fully saturated rings. The Bertz CT molecular complexity index is 3200. The number of benzene rings is 3. The first-order valence-corrected chi connectivity index (χ1v) is 45.8. The van der Waals surface area contributed by atoms with Gasteiger partial charge in [0.05, 0.1) is 30.1 Å². The average molecular weight is 1490 g/mol. The SMILES string of the molecule is CC(=O)CC(C)=NCC[Si](C)(C)C.CC(=O)CC(C)=N[Si](C)(C)C.CC(=O)CC(C)=Nc1cc(C(C)(C)C)cc(C(C)(C)C)c1.CC(=O)CC(C)=Nc1cc(C)cc(C)c1.CC(=O)CC(C)=Nc1ccccc1.CCCCCCCCCCCCN=C(C)CC(C)=O.CCCN=C(CC)CC(=O)OCC. The van der Waals surface area contributed by atoms with Crippen LogP contribution in [0.1, 0.15) is 297 Å². The number of carbonyl (C=O) groups excluding carboxylic acids is 7. The van der Waals surface area contributed by atoms with Crippen LogP contribution in [-0.4, -0.2) is 123 Å². The van der Waals surface area contributed by atoms with Crippen molar-refractivity contribution in [2.24, 2.45) is 34.6 Å².